The summed E-state index contributed by atoms with van der Waals surface area (Å²) in [5.41, 5.74) is -0.688. The van der Waals surface area contributed by atoms with Crippen molar-refractivity contribution in [1.82, 2.24) is 4.72 Å². The van der Waals surface area contributed by atoms with Crippen LogP contribution in [-0.4, -0.2) is 19.9 Å². The second-order valence-electron chi connectivity index (χ2n) is 5.31. The van der Waals surface area contributed by atoms with E-state index in [-0.39, 0.29) is 17.0 Å². The fraction of sp³-hybridized carbons (Fsp3) is 0.538. The Hall–Kier alpha value is -1.54. The summed E-state index contributed by atoms with van der Waals surface area (Å²) in [6, 6.07) is 1.64. The van der Waals surface area contributed by atoms with Crippen molar-refractivity contribution >= 4 is 15.7 Å². The molecule has 1 aliphatic carbocycles. The second-order valence-corrected chi connectivity index (χ2v) is 7.04. The van der Waals surface area contributed by atoms with E-state index in [9.17, 15) is 22.9 Å². The van der Waals surface area contributed by atoms with Gasteiger partial charge in [-0.15, -0.1) is 0 Å². The van der Waals surface area contributed by atoms with Crippen molar-refractivity contribution in [2.24, 2.45) is 5.92 Å². The Labute approximate surface area is 122 Å². The van der Waals surface area contributed by atoms with Gasteiger partial charge in [-0.3, -0.25) is 10.1 Å². The van der Waals surface area contributed by atoms with Gasteiger partial charge in [-0.25, -0.2) is 13.1 Å². The lowest BCUT2D eigenvalue weighted by molar-refractivity contribution is -0.387. The lowest BCUT2D eigenvalue weighted by atomic mass is 10.2. The molecule has 0 atom stereocenters. The highest BCUT2D eigenvalue weighted by Crippen LogP contribution is 2.33. The first kappa shape index (κ1) is 15.8. The summed E-state index contributed by atoms with van der Waals surface area (Å²) in [6.07, 6.45) is 4.11. The molecule has 0 spiro atoms. The smallest absolute Gasteiger partial charge is 0.258 e. The van der Waals surface area contributed by atoms with E-state index in [1.807, 2.05) is 0 Å². The van der Waals surface area contributed by atoms with Crippen molar-refractivity contribution in [3.05, 3.63) is 33.6 Å². The van der Waals surface area contributed by atoms with Crippen LogP contribution in [0.3, 0.4) is 0 Å². The van der Waals surface area contributed by atoms with E-state index in [1.54, 1.807) is 0 Å². The molecule has 0 amide bonds. The molecule has 8 heteroatoms. The molecule has 0 saturated heterocycles. The molecule has 1 saturated carbocycles. The van der Waals surface area contributed by atoms with Gasteiger partial charge in [0.15, 0.2) is 0 Å². The third-order valence-corrected chi connectivity index (χ3v) is 5.11. The maximum absolute atomic E-state index is 13.4. The summed E-state index contributed by atoms with van der Waals surface area (Å²) in [5, 5.41) is 10.7. The maximum Gasteiger partial charge on any atom is 0.306 e. The highest BCUT2D eigenvalue weighted by Gasteiger charge is 2.25. The molecule has 0 unspecified atom stereocenters. The van der Waals surface area contributed by atoms with Crippen LogP contribution < -0.4 is 4.72 Å². The minimum Gasteiger partial charge on any atom is -0.258 e. The highest BCUT2D eigenvalue weighted by atomic mass is 32.2. The molecular formula is C13H17FN2O4S. The Morgan fingerprint density at radius 3 is 2.67 bits per heavy atom. The van der Waals surface area contributed by atoms with Gasteiger partial charge in [0.05, 0.1) is 9.82 Å². The predicted octanol–water partition coefficient (Wildman–Crippen LogP) is 2.51. The van der Waals surface area contributed by atoms with Crippen LogP contribution in [0.15, 0.2) is 17.0 Å². The minimum atomic E-state index is -3.86. The van der Waals surface area contributed by atoms with E-state index in [1.165, 1.54) is 19.8 Å². The zero-order chi connectivity index (χ0) is 15.6. The van der Waals surface area contributed by atoms with Crippen LogP contribution in [0.5, 0.6) is 0 Å². The highest BCUT2D eigenvalue weighted by molar-refractivity contribution is 7.89. The van der Waals surface area contributed by atoms with Gasteiger partial charge in [0.2, 0.25) is 15.8 Å². The normalized spacial score (nSPS) is 15.1. The zero-order valence-electron chi connectivity index (χ0n) is 11.6. The minimum absolute atomic E-state index is 0.146. The number of nitro benzene ring substituents is 1. The lowest BCUT2D eigenvalue weighted by Crippen LogP contribution is -2.25. The number of nitrogens with zero attached hydrogens (tertiary/aromatic N) is 1. The van der Waals surface area contributed by atoms with E-state index >= 15 is 0 Å². The van der Waals surface area contributed by atoms with Crippen LogP contribution in [0, 0.1) is 28.8 Å². The fourth-order valence-corrected chi connectivity index (χ4v) is 3.47. The molecule has 0 heterocycles. The molecule has 21 heavy (non-hydrogen) atoms. The Bertz CT molecular complexity index is 656. The third kappa shape index (κ3) is 3.98. The number of benzene rings is 1. The molecule has 6 nitrogen and oxygen atoms in total. The number of halogens is 1. The summed E-state index contributed by atoms with van der Waals surface area (Å²) in [6.45, 7) is 1.69. The molecule has 1 aromatic carbocycles. The van der Waals surface area contributed by atoms with Crippen LogP contribution >= 0.6 is 0 Å². The molecule has 0 radical (unpaired) electrons. The van der Waals surface area contributed by atoms with E-state index in [0.717, 1.165) is 25.0 Å². The van der Waals surface area contributed by atoms with E-state index in [4.69, 9.17) is 0 Å². The number of hydrogen-bond acceptors (Lipinski definition) is 4. The van der Waals surface area contributed by atoms with Gasteiger partial charge in [-0.05, 0) is 37.3 Å². The summed E-state index contributed by atoms with van der Waals surface area (Å²) < 4.78 is 40.1. The first-order valence-electron chi connectivity index (χ1n) is 6.75. The summed E-state index contributed by atoms with van der Waals surface area (Å²) in [5.74, 6) is -0.326. The molecule has 0 bridgehead atoms. The standard InChI is InChI=1S/C13H17FN2O4S/c1-9-7-11(14)12(16(17)18)8-13(9)21(19,20)15-6-2-3-10-4-5-10/h7-8,10,15H,2-6H2,1H3. The van der Waals surface area contributed by atoms with Crippen molar-refractivity contribution in [1.29, 1.82) is 0 Å². The first-order chi connectivity index (χ1) is 9.81. The van der Waals surface area contributed by atoms with Crippen molar-refractivity contribution in [2.75, 3.05) is 6.54 Å². The largest absolute Gasteiger partial charge is 0.306 e. The topological polar surface area (TPSA) is 89.3 Å². The van der Waals surface area contributed by atoms with E-state index < -0.39 is 26.5 Å². The Morgan fingerprint density at radius 2 is 2.10 bits per heavy atom. The third-order valence-electron chi connectivity index (χ3n) is 3.51. The van der Waals surface area contributed by atoms with E-state index in [2.05, 4.69) is 4.72 Å². The summed E-state index contributed by atoms with van der Waals surface area (Å²) in [7, 11) is -3.86. The Kier molecular flexibility index (Phi) is 4.58. The average molecular weight is 316 g/mol. The Morgan fingerprint density at radius 1 is 1.43 bits per heavy atom. The number of nitro groups is 1. The van der Waals surface area contributed by atoms with Gasteiger partial charge in [0.25, 0.3) is 0 Å². The van der Waals surface area contributed by atoms with Gasteiger partial charge < -0.3 is 0 Å². The van der Waals surface area contributed by atoms with Gasteiger partial charge in [-0.2, -0.15) is 4.39 Å². The van der Waals surface area contributed by atoms with Crippen molar-refractivity contribution in [3.8, 4) is 0 Å². The van der Waals surface area contributed by atoms with Crippen molar-refractivity contribution < 1.29 is 17.7 Å². The van der Waals surface area contributed by atoms with Crippen LogP contribution in [-0.2, 0) is 10.0 Å². The van der Waals surface area contributed by atoms with E-state index in [0.29, 0.717) is 5.92 Å². The van der Waals surface area contributed by atoms with Gasteiger partial charge in [0, 0.05) is 12.6 Å². The average Bonchev–Trinajstić information content (AvgIpc) is 3.17. The van der Waals surface area contributed by atoms with Gasteiger partial charge in [0.1, 0.15) is 0 Å². The van der Waals surface area contributed by atoms with Crippen molar-refractivity contribution in [3.63, 3.8) is 0 Å². The molecule has 1 aromatic rings. The maximum atomic E-state index is 13.4. The number of nitrogens with one attached hydrogen (secondary N) is 1. The number of rotatable bonds is 7. The van der Waals surface area contributed by atoms with Crippen LogP contribution in [0.25, 0.3) is 0 Å². The quantitative estimate of drug-likeness (QED) is 0.475. The molecule has 116 valence electrons. The number of aryl methyl sites for hydroxylation is 1. The predicted molar refractivity (Wildman–Crippen MR) is 74.9 cm³/mol. The van der Waals surface area contributed by atoms with Crippen LogP contribution in [0.4, 0.5) is 10.1 Å². The molecule has 1 fully saturated rings. The summed E-state index contributed by atoms with van der Waals surface area (Å²) >= 11 is 0. The number of sulfonamides is 1. The number of hydrogen-bond donors (Lipinski definition) is 1. The summed E-state index contributed by atoms with van der Waals surface area (Å²) in [4.78, 5) is 9.53. The Balaban J connectivity index is 2.13. The fourth-order valence-electron chi connectivity index (χ4n) is 2.15. The SMILES string of the molecule is Cc1cc(F)c([N+](=O)[O-])cc1S(=O)(=O)NCCCC1CC1. The second kappa shape index (κ2) is 6.07. The zero-order valence-corrected chi connectivity index (χ0v) is 12.5. The lowest BCUT2D eigenvalue weighted by Gasteiger charge is -2.09. The first-order valence-corrected chi connectivity index (χ1v) is 8.24. The van der Waals surface area contributed by atoms with Gasteiger partial charge in [-0.1, -0.05) is 12.8 Å². The molecular weight excluding hydrogens is 299 g/mol. The van der Waals surface area contributed by atoms with Crippen LogP contribution in [0.1, 0.15) is 31.2 Å². The van der Waals surface area contributed by atoms with Crippen LogP contribution in [0.2, 0.25) is 0 Å². The molecule has 1 aliphatic rings. The molecule has 1 N–H and O–H groups in total. The monoisotopic (exact) mass is 316 g/mol. The molecule has 2 rings (SSSR count). The molecule has 0 aliphatic heterocycles. The molecule has 0 aromatic heterocycles. The van der Waals surface area contributed by atoms with Gasteiger partial charge >= 0.3 is 5.69 Å². The van der Waals surface area contributed by atoms with Crippen molar-refractivity contribution in [2.45, 2.75) is 37.5 Å².